The van der Waals surface area contributed by atoms with Crippen molar-refractivity contribution in [3.8, 4) is 0 Å². The van der Waals surface area contributed by atoms with E-state index >= 15 is 0 Å². The van der Waals surface area contributed by atoms with Gasteiger partial charge in [-0.05, 0) is 39.1 Å². The summed E-state index contributed by atoms with van der Waals surface area (Å²) in [5.41, 5.74) is 0. The van der Waals surface area contributed by atoms with Crippen molar-refractivity contribution in [3.05, 3.63) is 17.5 Å². The molecule has 0 aromatic carbocycles. The smallest absolute Gasteiger partial charge is 0.298 e. The lowest BCUT2D eigenvalue weighted by molar-refractivity contribution is 0.156. The molecule has 0 saturated heterocycles. The summed E-state index contributed by atoms with van der Waals surface area (Å²) in [5.74, 6) is 0. The molecule has 16 heavy (non-hydrogen) atoms. The van der Waals surface area contributed by atoms with Gasteiger partial charge in [0.1, 0.15) is 0 Å². The quantitative estimate of drug-likeness (QED) is 0.701. The van der Waals surface area contributed by atoms with Crippen LogP contribution >= 0.6 is 29.5 Å². The molecule has 0 amide bonds. The molecule has 0 unspecified atom stereocenters. The fourth-order valence-electron chi connectivity index (χ4n) is 1.01. The largest absolute Gasteiger partial charge is 0.395 e. The lowest BCUT2D eigenvalue weighted by Gasteiger charge is -2.21. The van der Waals surface area contributed by atoms with Gasteiger partial charge in [-0.3, -0.25) is 9.05 Å². The summed E-state index contributed by atoms with van der Waals surface area (Å²) < 4.78 is 24.2. The molecule has 1 aromatic rings. The fraction of sp³-hybridized carbons (Fsp3) is 0.600. The van der Waals surface area contributed by atoms with Crippen molar-refractivity contribution < 1.29 is 13.6 Å². The molecule has 0 N–H and O–H groups in total. The lowest BCUT2D eigenvalue weighted by atomic mass is 10.5. The molecule has 1 rings (SSSR count). The molecular weight excluding hydrogens is 263 g/mol. The number of hydrogen-bond acceptors (Lipinski definition) is 5. The third kappa shape index (κ3) is 5.02. The Balaban J connectivity index is 2.74. The van der Waals surface area contributed by atoms with Crippen LogP contribution in [0.2, 0.25) is 0 Å². The van der Waals surface area contributed by atoms with Crippen molar-refractivity contribution in [2.24, 2.45) is 0 Å². The highest BCUT2D eigenvalue weighted by molar-refractivity contribution is 8.55. The highest BCUT2D eigenvalue weighted by atomic mass is 32.7. The Morgan fingerprint density at radius 3 is 2.19 bits per heavy atom. The molecule has 1 aromatic heterocycles. The average Bonchev–Trinajstić information content (AvgIpc) is 2.51. The van der Waals surface area contributed by atoms with Crippen LogP contribution in [0.3, 0.4) is 0 Å². The zero-order valence-electron chi connectivity index (χ0n) is 9.88. The van der Waals surface area contributed by atoms with E-state index < -0.39 is 6.80 Å². The molecule has 0 fully saturated rings. The van der Waals surface area contributed by atoms with E-state index in [4.69, 9.17) is 9.05 Å². The van der Waals surface area contributed by atoms with E-state index in [-0.39, 0.29) is 12.2 Å². The normalized spacial score (nSPS) is 12.6. The van der Waals surface area contributed by atoms with Gasteiger partial charge in [0.2, 0.25) is 0 Å². The molecular formula is C10H17O3PS2. The van der Waals surface area contributed by atoms with Crippen LogP contribution in [-0.2, 0) is 13.6 Å². The van der Waals surface area contributed by atoms with E-state index in [1.54, 1.807) is 0 Å². The first-order valence-electron chi connectivity index (χ1n) is 5.11. The summed E-state index contributed by atoms with van der Waals surface area (Å²) in [7, 11) is 0. The van der Waals surface area contributed by atoms with Crippen LogP contribution in [0.5, 0.6) is 0 Å². The van der Waals surface area contributed by atoms with Crippen molar-refractivity contribution in [1.82, 2.24) is 0 Å². The minimum absolute atomic E-state index is 0.114. The van der Waals surface area contributed by atoms with Crippen molar-refractivity contribution in [1.29, 1.82) is 0 Å². The Bertz CT molecular complexity index is 335. The van der Waals surface area contributed by atoms with Crippen LogP contribution in [-0.4, -0.2) is 12.2 Å². The molecule has 0 aliphatic carbocycles. The second kappa shape index (κ2) is 6.22. The van der Waals surface area contributed by atoms with Crippen molar-refractivity contribution in [2.45, 2.75) is 44.1 Å². The molecule has 92 valence electrons. The van der Waals surface area contributed by atoms with E-state index in [1.165, 1.54) is 22.7 Å². The maximum Gasteiger partial charge on any atom is 0.395 e. The first-order valence-corrected chi connectivity index (χ1v) is 8.95. The maximum absolute atomic E-state index is 12.4. The molecule has 3 nitrogen and oxygen atoms in total. The highest BCUT2D eigenvalue weighted by Crippen LogP contribution is 2.65. The van der Waals surface area contributed by atoms with Crippen LogP contribution in [0.25, 0.3) is 0 Å². The predicted octanol–water partition coefficient (Wildman–Crippen LogP) is 4.80. The Hall–Kier alpha value is 0.200. The van der Waals surface area contributed by atoms with Gasteiger partial charge in [-0.1, -0.05) is 6.07 Å². The number of hydrogen-bond donors (Lipinski definition) is 0. The number of rotatable bonds is 6. The third-order valence-corrected chi connectivity index (χ3v) is 6.62. The van der Waals surface area contributed by atoms with Gasteiger partial charge in [-0.2, -0.15) is 0 Å². The monoisotopic (exact) mass is 280 g/mol. The summed E-state index contributed by atoms with van der Waals surface area (Å²) in [6, 6.07) is 3.83. The van der Waals surface area contributed by atoms with Gasteiger partial charge < -0.3 is 0 Å². The molecule has 0 bridgehead atoms. The molecule has 0 saturated carbocycles. The molecule has 0 aliphatic rings. The first kappa shape index (κ1) is 14.3. The van der Waals surface area contributed by atoms with E-state index in [0.29, 0.717) is 0 Å². The standard InChI is InChI=1S/C10H17O3PS2/c1-8(2)12-14(11,13-9(3)4)16-10-6-5-7-15-10/h5-9H,1-4H3. The number of thiophene rings is 1. The first-order chi connectivity index (χ1) is 7.41. The molecule has 0 aliphatic heterocycles. The van der Waals surface area contributed by atoms with E-state index in [1.807, 2.05) is 45.2 Å². The Labute approximate surface area is 105 Å². The van der Waals surface area contributed by atoms with Gasteiger partial charge >= 0.3 is 6.80 Å². The van der Waals surface area contributed by atoms with Crippen molar-refractivity contribution in [3.63, 3.8) is 0 Å². The summed E-state index contributed by atoms with van der Waals surface area (Å²) in [6.45, 7) is 4.32. The summed E-state index contributed by atoms with van der Waals surface area (Å²) in [4.78, 5) is 0. The molecule has 0 atom stereocenters. The molecule has 6 heteroatoms. The minimum Gasteiger partial charge on any atom is -0.298 e. The third-order valence-electron chi connectivity index (χ3n) is 1.38. The molecule has 0 radical (unpaired) electrons. The van der Waals surface area contributed by atoms with Gasteiger partial charge in [-0.15, -0.1) is 11.3 Å². The lowest BCUT2D eigenvalue weighted by Crippen LogP contribution is -2.05. The van der Waals surface area contributed by atoms with Crippen LogP contribution in [0, 0.1) is 0 Å². The molecule has 0 spiro atoms. The summed E-state index contributed by atoms with van der Waals surface area (Å²) >= 11 is 2.72. The Kier molecular flexibility index (Phi) is 5.54. The summed E-state index contributed by atoms with van der Waals surface area (Å²) in [5, 5.41) is 1.94. The van der Waals surface area contributed by atoms with Crippen molar-refractivity contribution in [2.75, 3.05) is 0 Å². The predicted molar refractivity (Wildman–Crippen MR) is 70.2 cm³/mol. The molecule has 1 heterocycles. The van der Waals surface area contributed by atoms with Crippen molar-refractivity contribution >= 4 is 29.5 Å². The highest BCUT2D eigenvalue weighted by Gasteiger charge is 2.29. The second-order valence-corrected chi connectivity index (χ2v) is 8.81. The van der Waals surface area contributed by atoms with Gasteiger partial charge in [0.05, 0.1) is 16.4 Å². The van der Waals surface area contributed by atoms with E-state index in [9.17, 15) is 4.57 Å². The zero-order chi connectivity index (χ0) is 12.2. The van der Waals surface area contributed by atoms with Crippen LogP contribution < -0.4 is 0 Å². The fourth-order valence-corrected chi connectivity index (χ4v) is 6.67. The SMILES string of the molecule is CC(C)OP(=O)(OC(C)C)Sc1cccs1. The van der Waals surface area contributed by atoms with Gasteiger partial charge in [-0.25, -0.2) is 4.57 Å². The van der Waals surface area contributed by atoms with Crippen LogP contribution in [0.4, 0.5) is 0 Å². The maximum atomic E-state index is 12.4. The van der Waals surface area contributed by atoms with Crippen LogP contribution in [0.15, 0.2) is 21.7 Å². The minimum atomic E-state index is -3.09. The Morgan fingerprint density at radius 1 is 1.25 bits per heavy atom. The van der Waals surface area contributed by atoms with Crippen LogP contribution in [0.1, 0.15) is 27.7 Å². The Morgan fingerprint density at radius 2 is 1.81 bits per heavy atom. The zero-order valence-corrected chi connectivity index (χ0v) is 12.4. The van der Waals surface area contributed by atoms with Gasteiger partial charge in [0.15, 0.2) is 0 Å². The van der Waals surface area contributed by atoms with Gasteiger partial charge in [0.25, 0.3) is 0 Å². The van der Waals surface area contributed by atoms with E-state index in [0.717, 1.165) is 4.21 Å². The average molecular weight is 280 g/mol. The summed E-state index contributed by atoms with van der Waals surface area (Å²) in [6.07, 6.45) is -0.228. The van der Waals surface area contributed by atoms with E-state index in [2.05, 4.69) is 0 Å². The van der Waals surface area contributed by atoms with Gasteiger partial charge in [0, 0.05) is 11.4 Å². The topological polar surface area (TPSA) is 35.5 Å². The second-order valence-electron chi connectivity index (χ2n) is 3.78.